The summed E-state index contributed by atoms with van der Waals surface area (Å²) in [7, 11) is 2.04. The van der Waals surface area contributed by atoms with E-state index < -0.39 is 0 Å². The summed E-state index contributed by atoms with van der Waals surface area (Å²) < 4.78 is 0. The van der Waals surface area contributed by atoms with Crippen molar-refractivity contribution in [2.75, 3.05) is 31.6 Å². The van der Waals surface area contributed by atoms with Crippen molar-refractivity contribution in [1.82, 2.24) is 10.3 Å². The zero-order chi connectivity index (χ0) is 12.1. The molecule has 4 nitrogen and oxygen atoms in total. The van der Waals surface area contributed by atoms with Crippen LogP contribution in [0.4, 0.5) is 5.69 Å². The van der Waals surface area contributed by atoms with Gasteiger partial charge in [-0.1, -0.05) is 0 Å². The van der Waals surface area contributed by atoms with E-state index in [-0.39, 0.29) is 0 Å². The Balaban J connectivity index is 2.03. The highest BCUT2D eigenvalue weighted by atomic mass is 15.1. The van der Waals surface area contributed by atoms with E-state index in [0.717, 1.165) is 25.3 Å². The minimum Gasteiger partial charge on any atom is -0.372 e. The number of nitrogens with zero attached hydrogens (tertiary/aromatic N) is 3. The molecule has 0 aliphatic carbocycles. The van der Waals surface area contributed by atoms with Gasteiger partial charge in [0.05, 0.1) is 17.4 Å². The topological polar surface area (TPSA) is 52.0 Å². The zero-order valence-corrected chi connectivity index (χ0v) is 10.2. The first-order valence-electron chi connectivity index (χ1n) is 6.07. The molecule has 0 spiro atoms. The molecule has 2 heterocycles. The van der Waals surface area contributed by atoms with Gasteiger partial charge in [-0.05, 0) is 37.9 Å². The number of nitrogens with one attached hydrogen (secondary N) is 1. The molecule has 1 aromatic heterocycles. The lowest BCUT2D eigenvalue weighted by atomic mass is 9.97. The van der Waals surface area contributed by atoms with Crippen LogP contribution in [0.15, 0.2) is 18.5 Å². The predicted molar refractivity (Wildman–Crippen MR) is 67.8 cm³/mol. The third-order valence-electron chi connectivity index (χ3n) is 3.32. The molecule has 90 valence electrons. The van der Waals surface area contributed by atoms with Crippen molar-refractivity contribution in [2.45, 2.75) is 12.8 Å². The molecule has 1 fully saturated rings. The summed E-state index contributed by atoms with van der Waals surface area (Å²) in [6, 6.07) is 3.99. The third-order valence-corrected chi connectivity index (χ3v) is 3.32. The fraction of sp³-hybridized carbons (Fsp3) is 0.538. The monoisotopic (exact) mass is 230 g/mol. The van der Waals surface area contributed by atoms with Crippen molar-refractivity contribution < 1.29 is 0 Å². The normalized spacial score (nSPS) is 16.5. The molecule has 0 bridgehead atoms. The summed E-state index contributed by atoms with van der Waals surface area (Å²) in [6.07, 6.45) is 5.87. The first-order valence-corrected chi connectivity index (χ1v) is 6.07. The summed E-state index contributed by atoms with van der Waals surface area (Å²) >= 11 is 0. The van der Waals surface area contributed by atoms with Crippen LogP contribution in [0.2, 0.25) is 0 Å². The molecule has 1 N–H and O–H groups in total. The molecule has 2 rings (SSSR count). The SMILES string of the molecule is CN(CC1CCNCC1)c1cnccc1C#N. The Bertz CT molecular complexity index is 404. The molecule has 0 aromatic carbocycles. The number of hydrogen-bond donors (Lipinski definition) is 1. The number of hydrogen-bond acceptors (Lipinski definition) is 4. The van der Waals surface area contributed by atoms with Crippen molar-refractivity contribution in [3.05, 3.63) is 24.0 Å². The Morgan fingerprint density at radius 3 is 3.00 bits per heavy atom. The van der Waals surface area contributed by atoms with Crippen molar-refractivity contribution in [1.29, 1.82) is 5.26 Å². The van der Waals surface area contributed by atoms with Gasteiger partial charge in [-0.15, -0.1) is 0 Å². The van der Waals surface area contributed by atoms with E-state index in [1.54, 1.807) is 18.5 Å². The van der Waals surface area contributed by atoms with Crippen molar-refractivity contribution in [3.63, 3.8) is 0 Å². The summed E-state index contributed by atoms with van der Waals surface area (Å²) in [6.45, 7) is 3.22. The Morgan fingerprint density at radius 2 is 2.29 bits per heavy atom. The Labute approximate surface area is 102 Å². The van der Waals surface area contributed by atoms with Crippen LogP contribution in [-0.4, -0.2) is 31.7 Å². The maximum absolute atomic E-state index is 9.06. The fourth-order valence-electron chi connectivity index (χ4n) is 2.33. The molecule has 0 radical (unpaired) electrons. The van der Waals surface area contributed by atoms with Crippen LogP contribution in [0.5, 0.6) is 0 Å². The maximum Gasteiger partial charge on any atom is 0.101 e. The molecule has 1 aromatic rings. The van der Waals surface area contributed by atoms with E-state index in [1.807, 2.05) is 7.05 Å². The number of anilines is 1. The average Bonchev–Trinajstić information content (AvgIpc) is 2.40. The highest BCUT2D eigenvalue weighted by Crippen LogP contribution is 2.20. The second kappa shape index (κ2) is 5.65. The molecular formula is C13H18N4. The van der Waals surface area contributed by atoms with E-state index in [1.165, 1.54) is 12.8 Å². The molecule has 4 heteroatoms. The van der Waals surface area contributed by atoms with Crippen LogP contribution in [0.1, 0.15) is 18.4 Å². The van der Waals surface area contributed by atoms with Crippen LogP contribution in [0.3, 0.4) is 0 Å². The minimum absolute atomic E-state index is 0.705. The zero-order valence-electron chi connectivity index (χ0n) is 10.2. The van der Waals surface area contributed by atoms with E-state index in [2.05, 4.69) is 21.3 Å². The van der Waals surface area contributed by atoms with Crippen LogP contribution >= 0.6 is 0 Å². The number of aromatic nitrogens is 1. The van der Waals surface area contributed by atoms with Crippen molar-refractivity contribution in [2.24, 2.45) is 5.92 Å². The maximum atomic E-state index is 9.06. The molecule has 0 unspecified atom stereocenters. The van der Waals surface area contributed by atoms with Gasteiger partial charge in [0.2, 0.25) is 0 Å². The van der Waals surface area contributed by atoms with Crippen LogP contribution < -0.4 is 10.2 Å². The second-order valence-electron chi connectivity index (χ2n) is 4.58. The molecule has 1 aliphatic heterocycles. The smallest absolute Gasteiger partial charge is 0.101 e. The average molecular weight is 230 g/mol. The van der Waals surface area contributed by atoms with E-state index >= 15 is 0 Å². The molecule has 0 amide bonds. The summed E-state index contributed by atoms with van der Waals surface area (Å²) in [5.41, 5.74) is 1.64. The molecule has 1 saturated heterocycles. The molecule has 17 heavy (non-hydrogen) atoms. The molecule has 0 saturated carbocycles. The van der Waals surface area contributed by atoms with E-state index in [4.69, 9.17) is 5.26 Å². The summed E-state index contributed by atoms with van der Waals surface area (Å²) in [5, 5.41) is 12.4. The Kier molecular flexibility index (Phi) is 3.94. The van der Waals surface area contributed by atoms with Crippen LogP contribution in [0, 0.1) is 17.2 Å². The first-order chi connectivity index (χ1) is 8.31. The second-order valence-corrected chi connectivity index (χ2v) is 4.58. The van der Waals surface area contributed by atoms with Crippen LogP contribution in [0.25, 0.3) is 0 Å². The first kappa shape index (κ1) is 11.9. The van der Waals surface area contributed by atoms with Gasteiger partial charge in [0.1, 0.15) is 6.07 Å². The quantitative estimate of drug-likeness (QED) is 0.852. The van der Waals surface area contributed by atoms with Gasteiger partial charge in [0.25, 0.3) is 0 Å². The van der Waals surface area contributed by atoms with Gasteiger partial charge in [-0.3, -0.25) is 4.98 Å². The van der Waals surface area contributed by atoms with Gasteiger partial charge in [-0.2, -0.15) is 5.26 Å². The minimum atomic E-state index is 0.705. The molecule has 0 atom stereocenters. The predicted octanol–water partition coefficient (Wildman–Crippen LogP) is 1.39. The van der Waals surface area contributed by atoms with E-state index in [9.17, 15) is 0 Å². The lowest BCUT2D eigenvalue weighted by Gasteiger charge is -2.29. The fourth-order valence-corrected chi connectivity index (χ4v) is 2.33. The van der Waals surface area contributed by atoms with Gasteiger partial charge in [0, 0.05) is 19.8 Å². The highest BCUT2D eigenvalue weighted by Gasteiger charge is 2.16. The van der Waals surface area contributed by atoms with Crippen molar-refractivity contribution in [3.8, 4) is 6.07 Å². The van der Waals surface area contributed by atoms with Crippen LogP contribution in [-0.2, 0) is 0 Å². The Morgan fingerprint density at radius 1 is 1.53 bits per heavy atom. The highest BCUT2D eigenvalue weighted by molar-refractivity contribution is 5.56. The lowest BCUT2D eigenvalue weighted by molar-refractivity contribution is 0.378. The molecule has 1 aliphatic rings. The largest absolute Gasteiger partial charge is 0.372 e. The van der Waals surface area contributed by atoms with Crippen molar-refractivity contribution >= 4 is 5.69 Å². The number of pyridine rings is 1. The van der Waals surface area contributed by atoms with Gasteiger partial charge in [0.15, 0.2) is 0 Å². The summed E-state index contributed by atoms with van der Waals surface area (Å²) in [4.78, 5) is 6.26. The van der Waals surface area contributed by atoms with Gasteiger partial charge < -0.3 is 10.2 Å². The van der Waals surface area contributed by atoms with Gasteiger partial charge in [-0.25, -0.2) is 0 Å². The molecular weight excluding hydrogens is 212 g/mol. The van der Waals surface area contributed by atoms with Gasteiger partial charge >= 0.3 is 0 Å². The lowest BCUT2D eigenvalue weighted by Crippen LogP contribution is -2.34. The summed E-state index contributed by atoms with van der Waals surface area (Å²) in [5.74, 6) is 0.716. The number of rotatable bonds is 3. The number of piperidine rings is 1. The third kappa shape index (κ3) is 2.95. The standard InChI is InChI=1S/C13H18N4/c1-17(10-11-2-5-15-6-3-11)13-9-16-7-4-12(13)8-14/h4,7,9,11,15H,2-3,5-6,10H2,1H3. The number of nitriles is 1. The Hall–Kier alpha value is -1.60. The van der Waals surface area contributed by atoms with E-state index in [0.29, 0.717) is 11.5 Å².